The Labute approximate surface area is 162 Å². The van der Waals surface area contributed by atoms with Gasteiger partial charge in [0.1, 0.15) is 13.2 Å². The number of hydrogen-bond acceptors (Lipinski definition) is 5. The van der Waals surface area contributed by atoms with E-state index < -0.39 is 0 Å². The molecule has 0 radical (unpaired) electrons. The third-order valence-corrected chi connectivity index (χ3v) is 6.11. The fraction of sp³-hybridized carbons (Fsp3) is 0.400. The zero-order valence-electron chi connectivity index (χ0n) is 15.4. The van der Waals surface area contributed by atoms with Gasteiger partial charge in [0, 0.05) is 36.6 Å². The van der Waals surface area contributed by atoms with E-state index in [4.69, 9.17) is 9.47 Å². The van der Waals surface area contributed by atoms with E-state index in [2.05, 4.69) is 5.32 Å². The quantitative estimate of drug-likeness (QED) is 0.881. The Bertz CT molecular complexity index is 890. The van der Waals surface area contributed by atoms with Crippen molar-refractivity contribution in [3.8, 4) is 11.5 Å². The number of ether oxygens (including phenoxy) is 2. The Morgan fingerprint density at radius 2 is 1.93 bits per heavy atom. The van der Waals surface area contributed by atoms with Crippen molar-refractivity contribution in [1.29, 1.82) is 0 Å². The van der Waals surface area contributed by atoms with E-state index in [0.717, 1.165) is 23.3 Å². The second-order valence-electron chi connectivity index (χ2n) is 7.05. The van der Waals surface area contributed by atoms with Gasteiger partial charge in [0.25, 0.3) is 5.91 Å². The molecule has 1 atom stereocenters. The Hall–Kier alpha value is -2.54. The van der Waals surface area contributed by atoms with Gasteiger partial charge >= 0.3 is 0 Å². The molecule has 6 nitrogen and oxygen atoms in total. The van der Waals surface area contributed by atoms with E-state index in [0.29, 0.717) is 36.8 Å². The molecule has 1 aliphatic carbocycles. The smallest absolute Gasteiger partial charge is 0.263 e. The first-order valence-corrected chi connectivity index (χ1v) is 9.86. The SMILES string of the molecule is CN(C)C(=O)c1cc2c(s1)CC[C@H](C(=O)Nc1ccc3c(c1)OCCO3)C2. The molecule has 142 valence electrons. The van der Waals surface area contributed by atoms with Crippen LogP contribution in [-0.4, -0.2) is 44.0 Å². The van der Waals surface area contributed by atoms with Gasteiger partial charge in [-0.1, -0.05) is 0 Å². The number of nitrogens with zero attached hydrogens (tertiary/aromatic N) is 1. The largest absolute Gasteiger partial charge is 0.486 e. The van der Waals surface area contributed by atoms with Crippen LogP contribution in [0, 0.1) is 5.92 Å². The molecular formula is C20H22N2O4S. The summed E-state index contributed by atoms with van der Waals surface area (Å²) < 4.78 is 11.1. The second-order valence-corrected chi connectivity index (χ2v) is 8.18. The summed E-state index contributed by atoms with van der Waals surface area (Å²) in [6.45, 7) is 1.06. The Morgan fingerprint density at radius 3 is 2.70 bits per heavy atom. The number of amides is 2. The number of carbonyl (C=O) groups excluding carboxylic acids is 2. The average Bonchev–Trinajstić information content (AvgIpc) is 3.10. The molecule has 1 aromatic heterocycles. The summed E-state index contributed by atoms with van der Waals surface area (Å²) in [5.74, 6) is 1.30. The number of hydrogen-bond donors (Lipinski definition) is 1. The molecule has 2 heterocycles. The van der Waals surface area contributed by atoms with Crippen LogP contribution in [0.15, 0.2) is 24.3 Å². The highest BCUT2D eigenvalue weighted by Crippen LogP contribution is 2.35. The van der Waals surface area contributed by atoms with Crippen LogP contribution in [0.2, 0.25) is 0 Å². The third kappa shape index (κ3) is 3.64. The van der Waals surface area contributed by atoms with Crippen molar-refractivity contribution in [3.63, 3.8) is 0 Å². The van der Waals surface area contributed by atoms with Gasteiger partial charge in [-0.25, -0.2) is 0 Å². The molecule has 27 heavy (non-hydrogen) atoms. The fourth-order valence-corrected chi connectivity index (χ4v) is 4.67. The van der Waals surface area contributed by atoms with E-state index in [1.54, 1.807) is 36.4 Å². The summed E-state index contributed by atoms with van der Waals surface area (Å²) in [7, 11) is 3.51. The van der Waals surface area contributed by atoms with Crippen molar-refractivity contribution in [2.45, 2.75) is 19.3 Å². The molecule has 1 aromatic carbocycles. The Balaban J connectivity index is 1.44. The van der Waals surface area contributed by atoms with Crippen molar-refractivity contribution >= 4 is 28.8 Å². The highest BCUT2D eigenvalue weighted by atomic mass is 32.1. The van der Waals surface area contributed by atoms with Crippen LogP contribution in [0.1, 0.15) is 26.5 Å². The van der Waals surface area contributed by atoms with E-state index >= 15 is 0 Å². The maximum atomic E-state index is 12.7. The highest BCUT2D eigenvalue weighted by Gasteiger charge is 2.28. The lowest BCUT2D eigenvalue weighted by molar-refractivity contribution is -0.120. The summed E-state index contributed by atoms with van der Waals surface area (Å²) in [5.41, 5.74) is 1.84. The normalized spacial score (nSPS) is 17.8. The molecule has 0 unspecified atom stereocenters. The van der Waals surface area contributed by atoms with Gasteiger partial charge < -0.3 is 19.7 Å². The minimum atomic E-state index is -0.0948. The summed E-state index contributed by atoms with van der Waals surface area (Å²) in [6.07, 6.45) is 2.29. The van der Waals surface area contributed by atoms with Gasteiger partial charge in [0.2, 0.25) is 5.91 Å². The summed E-state index contributed by atoms with van der Waals surface area (Å²) in [6, 6.07) is 7.41. The number of fused-ring (bicyclic) bond motifs is 2. The van der Waals surface area contributed by atoms with Crippen LogP contribution in [0.3, 0.4) is 0 Å². The summed E-state index contributed by atoms with van der Waals surface area (Å²) >= 11 is 1.55. The molecule has 0 saturated heterocycles. The molecule has 1 N–H and O–H groups in total. The van der Waals surface area contributed by atoms with Crippen molar-refractivity contribution in [2.75, 3.05) is 32.6 Å². The molecule has 4 rings (SSSR count). The van der Waals surface area contributed by atoms with Gasteiger partial charge in [-0.05, 0) is 43.0 Å². The van der Waals surface area contributed by atoms with Crippen LogP contribution in [-0.2, 0) is 17.6 Å². The zero-order chi connectivity index (χ0) is 19.0. The van der Waals surface area contributed by atoms with Gasteiger partial charge in [0.15, 0.2) is 11.5 Å². The summed E-state index contributed by atoms with van der Waals surface area (Å²) in [4.78, 5) is 28.5. The molecule has 0 spiro atoms. The van der Waals surface area contributed by atoms with E-state index in [1.807, 2.05) is 18.2 Å². The minimum Gasteiger partial charge on any atom is -0.486 e. The third-order valence-electron chi connectivity index (χ3n) is 4.88. The number of thiophene rings is 1. The lowest BCUT2D eigenvalue weighted by Crippen LogP contribution is -2.27. The first-order chi connectivity index (χ1) is 13.0. The second kappa shape index (κ2) is 7.23. The molecule has 1 aliphatic heterocycles. The lowest BCUT2D eigenvalue weighted by Gasteiger charge is -2.22. The number of carbonyl (C=O) groups is 2. The Morgan fingerprint density at radius 1 is 1.15 bits per heavy atom. The van der Waals surface area contributed by atoms with Gasteiger partial charge in [-0.15, -0.1) is 11.3 Å². The van der Waals surface area contributed by atoms with Gasteiger partial charge in [-0.2, -0.15) is 0 Å². The van der Waals surface area contributed by atoms with Crippen LogP contribution < -0.4 is 14.8 Å². The van der Waals surface area contributed by atoms with Gasteiger partial charge in [-0.3, -0.25) is 9.59 Å². The molecule has 0 saturated carbocycles. The lowest BCUT2D eigenvalue weighted by atomic mass is 9.87. The molecule has 2 amide bonds. The highest BCUT2D eigenvalue weighted by molar-refractivity contribution is 7.14. The number of rotatable bonds is 3. The number of nitrogens with one attached hydrogen (secondary N) is 1. The standard InChI is InChI=1S/C20H22N2O4S/c1-22(2)20(24)18-10-13-9-12(3-6-17(13)27-18)19(23)21-14-4-5-15-16(11-14)26-8-7-25-15/h4-5,10-12H,3,6-9H2,1-2H3,(H,21,23)/t12-/m0/s1. The molecule has 7 heteroatoms. The predicted molar refractivity (Wildman–Crippen MR) is 104 cm³/mol. The monoisotopic (exact) mass is 386 g/mol. The topological polar surface area (TPSA) is 67.9 Å². The average molecular weight is 386 g/mol. The number of anilines is 1. The van der Waals surface area contributed by atoms with E-state index in [9.17, 15) is 9.59 Å². The first-order valence-electron chi connectivity index (χ1n) is 9.05. The fourth-order valence-electron chi connectivity index (χ4n) is 3.44. The van der Waals surface area contributed by atoms with Gasteiger partial charge in [0.05, 0.1) is 4.88 Å². The van der Waals surface area contributed by atoms with Crippen LogP contribution in [0.4, 0.5) is 5.69 Å². The number of aryl methyl sites for hydroxylation is 1. The molecule has 2 aliphatic rings. The minimum absolute atomic E-state index is 0.00372. The van der Waals surface area contributed by atoms with Crippen LogP contribution >= 0.6 is 11.3 Å². The van der Waals surface area contributed by atoms with Crippen LogP contribution in [0.5, 0.6) is 11.5 Å². The predicted octanol–water partition coefficient (Wildman–Crippen LogP) is 2.96. The van der Waals surface area contributed by atoms with Crippen LogP contribution in [0.25, 0.3) is 0 Å². The Kier molecular flexibility index (Phi) is 4.78. The molecule has 0 fully saturated rings. The maximum absolute atomic E-state index is 12.7. The number of benzene rings is 1. The molecular weight excluding hydrogens is 364 g/mol. The molecule has 0 bridgehead atoms. The van der Waals surface area contributed by atoms with Crippen molar-refractivity contribution < 1.29 is 19.1 Å². The van der Waals surface area contributed by atoms with E-state index in [1.165, 1.54) is 4.88 Å². The van der Waals surface area contributed by atoms with Crippen molar-refractivity contribution in [1.82, 2.24) is 4.90 Å². The van der Waals surface area contributed by atoms with Crippen molar-refractivity contribution in [2.24, 2.45) is 5.92 Å². The maximum Gasteiger partial charge on any atom is 0.263 e. The molecule has 2 aromatic rings. The van der Waals surface area contributed by atoms with Crippen molar-refractivity contribution in [3.05, 3.63) is 39.6 Å². The first kappa shape index (κ1) is 17.9. The zero-order valence-corrected chi connectivity index (χ0v) is 16.2. The summed E-state index contributed by atoms with van der Waals surface area (Å²) in [5, 5.41) is 2.99. The van der Waals surface area contributed by atoms with E-state index in [-0.39, 0.29) is 17.7 Å².